The molecule has 1 amide bonds. The number of rotatable bonds is 7. The molecule has 38 heavy (non-hydrogen) atoms. The fraction of sp³-hybridized carbons (Fsp3) is 0.606. The number of likely N-dealkylation sites (tertiary alicyclic amines) is 1. The largest absolute Gasteiger partial charge is 0.490 e. The lowest BCUT2D eigenvalue weighted by Gasteiger charge is -2.21. The number of hydrogen-bond donors (Lipinski definition) is 0. The Morgan fingerprint density at radius 2 is 1.47 bits per heavy atom. The highest BCUT2D eigenvalue weighted by Gasteiger charge is 2.15. The minimum atomic E-state index is 0.460. The van der Waals surface area contributed by atoms with E-state index in [1.54, 1.807) is 4.90 Å². The summed E-state index contributed by atoms with van der Waals surface area (Å²) in [5, 5.41) is 0. The SMILES string of the molecule is CC.CC.CC.Cc1cc(CN(C=O)CC(C)C)cc2c1OCCCO2.c1ccc(CN2CCCC2)cc1. The molecule has 2 aromatic carbocycles. The van der Waals surface area contributed by atoms with Gasteiger partial charge in [0.2, 0.25) is 6.41 Å². The third kappa shape index (κ3) is 13.9. The number of carbonyl (C=O) groups excluding carboxylic acids is 1. The van der Waals surface area contributed by atoms with Gasteiger partial charge in [-0.15, -0.1) is 0 Å². The molecule has 0 saturated carbocycles. The molecule has 0 radical (unpaired) electrons. The van der Waals surface area contributed by atoms with Gasteiger partial charge in [0.1, 0.15) is 0 Å². The third-order valence-corrected chi connectivity index (χ3v) is 5.68. The van der Waals surface area contributed by atoms with Crippen LogP contribution in [0.4, 0.5) is 0 Å². The zero-order valence-corrected chi connectivity index (χ0v) is 25.9. The molecule has 0 spiro atoms. The highest BCUT2D eigenvalue weighted by molar-refractivity contribution is 5.51. The zero-order valence-electron chi connectivity index (χ0n) is 25.9. The van der Waals surface area contributed by atoms with E-state index in [9.17, 15) is 4.79 Å². The summed E-state index contributed by atoms with van der Waals surface area (Å²) in [5.41, 5.74) is 3.59. The van der Waals surface area contributed by atoms with E-state index < -0.39 is 0 Å². The molecule has 1 fully saturated rings. The van der Waals surface area contributed by atoms with E-state index in [4.69, 9.17) is 9.47 Å². The molecule has 0 unspecified atom stereocenters. The fourth-order valence-electron chi connectivity index (χ4n) is 4.24. The van der Waals surface area contributed by atoms with Gasteiger partial charge in [-0.05, 0) is 61.5 Å². The number of benzene rings is 2. The van der Waals surface area contributed by atoms with Crippen molar-refractivity contribution in [2.75, 3.05) is 32.8 Å². The van der Waals surface area contributed by atoms with E-state index in [0.29, 0.717) is 25.7 Å². The first-order valence-electron chi connectivity index (χ1n) is 14.9. The highest BCUT2D eigenvalue weighted by atomic mass is 16.5. The molecule has 0 N–H and O–H groups in total. The summed E-state index contributed by atoms with van der Waals surface area (Å²) in [4.78, 5) is 15.5. The van der Waals surface area contributed by atoms with Crippen LogP contribution in [0.2, 0.25) is 0 Å². The summed E-state index contributed by atoms with van der Waals surface area (Å²) < 4.78 is 11.5. The van der Waals surface area contributed by atoms with E-state index in [2.05, 4.69) is 55.1 Å². The Bertz CT molecular complexity index is 834. The monoisotopic (exact) mass is 528 g/mol. The molecule has 5 nitrogen and oxygen atoms in total. The average molecular weight is 529 g/mol. The molecule has 2 aliphatic rings. The molecule has 4 rings (SSSR count). The molecule has 2 aliphatic heterocycles. The molecule has 0 bridgehead atoms. The molecule has 0 aliphatic carbocycles. The predicted molar refractivity (Wildman–Crippen MR) is 163 cm³/mol. The van der Waals surface area contributed by atoms with Crippen molar-refractivity contribution in [3.05, 3.63) is 59.2 Å². The topological polar surface area (TPSA) is 42.0 Å². The van der Waals surface area contributed by atoms with Gasteiger partial charge < -0.3 is 14.4 Å². The number of amides is 1. The van der Waals surface area contributed by atoms with Crippen molar-refractivity contribution in [1.82, 2.24) is 9.80 Å². The highest BCUT2D eigenvalue weighted by Crippen LogP contribution is 2.34. The summed E-state index contributed by atoms with van der Waals surface area (Å²) in [6.07, 6.45) is 4.58. The maximum atomic E-state index is 11.1. The molecule has 1 saturated heterocycles. The Morgan fingerprint density at radius 1 is 0.868 bits per heavy atom. The van der Waals surface area contributed by atoms with Crippen LogP contribution in [0.5, 0.6) is 11.5 Å². The Kier molecular flexibility index (Phi) is 21.0. The van der Waals surface area contributed by atoms with Crippen LogP contribution in [0.3, 0.4) is 0 Å². The Morgan fingerprint density at radius 3 is 2.05 bits per heavy atom. The second-order valence-corrected chi connectivity index (χ2v) is 9.19. The number of aryl methyl sites for hydroxylation is 1. The van der Waals surface area contributed by atoms with Crippen LogP contribution in [0.15, 0.2) is 42.5 Å². The maximum absolute atomic E-state index is 11.1. The van der Waals surface area contributed by atoms with Crippen molar-refractivity contribution in [1.29, 1.82) is 0 Å². The minimum Gasteiger partial charge on any atom is -0.490 e. The Hall–Kier alpha value is -2.53. The third-order valence-electron chi connectivity index (χ3n) is 5.68. The lowest BCUT2D eigenvalue weighted by Crippen LogP contribution is -2.25. The van der Waals surface area contributed by atoms with Gasteiger partial charge in [0.25, 0.3) is 0 Å². The van der Waals surface area contributed by atoms with Crippen molar-refractivity contribution in [3.8, 4) is 11.5 Å². The summed E-state index contributed by atoms with van der Waals surface area (Å²) >= 11 is 0. The summed E-state index contributed by atoms with van der Waals surface area (Å²) in [5.74, 6) is 2.10. The molecule has 5 heteroatoms. The number of hydrogen-bond acceptors (Lipinski definition) is 4. The van der Waals surface area contributed by atoms with Crippen LogP contribution in [0.25, 0.3) is 0 Å². The second-order valence-electron chi connectivity index (χ2n) is 9.19. The van der Waals surface area contributed by atoms with Crippen molar-refractivity contribution < 1.29 is 14.3 Å². The lowest BCUT2D eigenvalue weighted by molar-refractivity contribution is -0.119. The molecule has 0 atom stereocenters. The average Bonchev–Trinajstić information content (AvgIpc) is 3.34. The van der Waals surface area contributed by atoms with Crippen LogP contribution in [-0.2, 0) is 17.9 Å². The minimum absolute atomic E-state index is 0.460. The lowest BCUT2D eigenvalue weighted by atomic mass is 10.1. The van der Waals surface area contributed by atoms with E-state index in [1.165, 1.54) is 31.5 Å². The maximum Gasteiger partial charge on any atom is 0.210 e. The van der Waals surface area contributed by atoms with Gasteiger partial charge >= 0.3 is 0 Å². The van der Waals surface area contributed by atoms with Crippen LogP contribution >= 0.6 is 0 Å². The van der Waals surface area contributed by atoms with E-state index in [1.807, 2.05) is 54.5 Å². The fourth-order valence-corrected chi connectivity index (χ4v) is 4.24. The number of carbonyl (C=O) groups is 1. The Labute approximate surface area is 234 Å². The smallest absolute Gasteiger partial charge is 0.210 e. The van der Waals surface area contributed by atoms with Crippen molar-refractivity contribution in [3.63, 3.8) is 0 Å². The van der Waals surface area contributed by atoms with Crippen molar-refractivity contribution >= 4 is 6.41 Å². The second kappa shape index (κ2) is 22.5. The summed E-state index contributed by atoms with van der Waals surface area (Å²) in [7, 11) is 0. The van der Waals surface area contributed by atoms with Crippen LogP contribution in [0, 0.1) is 12.8 Å². The summed E-state index contributed by atoms with van der Waals surface area (Å²) in [6.45, 7) is 24.7. The van der Waals surface area contributed by atoms with Gasteiger partial charge in [-0.3, -0.25) is 9.69 Å². The van der Waals surface area contributed by atoms with Crippen LogP contribution < -0.4 is 9.47 Å². The molecule has 2 heterocycles. The molecule has 216 valence electrons. The van der Waals surface area contributed by atoms with Gasteiger partial charge in [-0.25, -0.2) is 0 Å². The van der Waals surface area contributed by atoms with Crippen LogP contribution in [-0.4, -0.2) is 49.1 Å². The molecule has 0 aromatic heterocycles. The Balaban J connectivity index is 0.000000647. The molecular weight excluding hydrogens is 472 g/mol. The van der Waals surface area contributed by atoms with Crippen molar-refractivity contribution in [2.24, 2.45) is 5.92 Å². The van der Waals surface area contributed by atoms with E-state index in [-0.39, 0.29) is 0 Å². The number of nitrogens with zero attached hydrogens (tertiary/aromatic N) is 2. The first kappa shape index (κ1) is 35.5. The normalized spacial score (nSPS) is 13.6. The standard InChI is InChI=1S/C16H23NO3.C11H15N.3C2H6/c1-12(2)9-17(11-18)10-14-7-13(3)16-15(8-14)19-5-4-6-20-16;1-2-6-11(7-3-1)10-12-8-4-5-9-12;3*1-2/h7-8,11-12H,4-6,9-10H2,1-3H3;1-3,6-7H,4-5,8-10H2;3*1-2H3. The number of ether oxygens (including phenoxy) is 2. The molecule has 2 aromatic rings. The van der Waals surface area contributed by atoms with E-state index in [0.717, 1.165) is 48.5 Å². The van der Waals surface area contributed by atoms with Gasteiger partial charge in [-0.2, -0.15) is 0 Å². The van der Waals surface area contributed by atoms with Crippen LogP contribution in [0.1, 0.15) is 91.3 Å². The van der Waals surface area contributed by atoms with Gasteiger partial charge in [0, 0.05) is 26.1 Å². The van der Waals surface area contributed by atoms with Gasteiger partial charge in [0.05, 0.1) is 13.2 Å². The first-order chi connectivity index (χ1) is 18.5. The predicted octanol–water partition coefficient (Wildman–Crippen LogP) is 8.13. The quantitative estimate of drug-likeness (QED) is 0.340. The van der Waals surface area contributed by atoms with Gasteiger partial charge in [-0.1, -0.05) is 91.8 Å². The zero-order chi connectivity index (χ0) is 28.8. The van der Waals surface area contributed by atoms with E-state index >= 15 is 0 Å². The first-order valence-corrected chi connectivity index (χ1v) is 14.9. The number of fused-ring (bicyclic) bond motifs is 1. The van der Waals surface area contributed by atoms with Gasteiger partial charge in [0.15, 0.2) is 11.5 Å². The molecular formula is C33H56N2O3. The van der Waals surface area contributed by atoms with Crippen molar-refractivity contribution in [2.45, 2.75) is 94.7 Å². The summed E-state index contributed by atoms with van der Waals surface area (Å²) in [6, 6.07) is 14.8.